The molecule has 0 aliphatic heterocycles. The quantitative estimate of drug-likeness (QED) is 0.842. The number of aryl methyl sites for hydroxylation is 1. The zero-order chi connectivity index (χ0) is 15.1. The average Bonchev–Trinajstić information content (AvgIpc) is 2.71. The Balaban J connectivity index is 2.42. The molecule has 0 bridgehead atoms. The highest BCUT2D eigenvalue weighted by molar-refractivity contribution is 7.89. The molecule has 0 amide bonds. The summed E-state index contributed by atoms with van der Waals surface area (Å²) < 4.78 is 41.4. The SMILES string of the molecule is Cc1cc(F)c(N)c(C)c1S(=O)(=O)NC1CCCC1C. The van der Waals surface area contributed by atoms with Crippen molar-refractivity contribution in [1.82, 2.24) is 4.72 Å². The monoisotopic (exact) mass is 300 g/mol. The van der Waals surface area contributed by atoms with Gasteiger partial charge in [0, 0.05) is 6.04 Å². The summed E-state index contributed by atoms with van der Waals surface area (Å²) in [6, 6.07) is 1.12. The van der Waals surface area contributed by atoms with Gasteiger partial charge in [0.05, 0.1) is 10.6 Å². The van der Waals surface area contributed by atoms with Crippen molar-refractivity contribution in [1.29, 1.82) is 0 Å². The molecule has 4 nitrogen and oxygen atoms in total. The minimum absolute atomic E-state index is 0.0509. The van der Waals surface area contributed by atoms with E-state index in [1.54, 1.807) is 6.92 Å². The molecule has 6 heteroatoms. The van der Waals surface area contributed by atoms with Crippen LogP contribution in [0.15, 0.2) is 11.0 Å². The highest BCUT2D eigenvalue weighted by Gasteiger charge is 2.30. The first-order valence-electron chi connectivity index (χ1n) is 6.81. The lowest BCUT2D eigenvalue weighted by atomic mass is 10.1. The van der Waals surface area contributed by atoms with Gasteiger partial charge in [-0.25, -0.2) is 17.5 Å². The van der Waals surface area contributed by atoms with E-state index in [0.29, 0.717) is 11.5 Å². The third kappa shape index (κ3) is 2.67. The lowest BCUT2D eigenvalue weighted by Gasteiger charge is -2.20. The van der Waals surface area contributed by atoms with E-state index in [1.807, 2.05) is 6.92 Å². The molecule has 1 aromatic carbocycles. The van der Waals surface area contributed by atoms with Gasteiger partial charge in [-0.2, -0.15) is 0 Å². The number of hydrogen-bond donors (Lipinski definition) is 2. The molecule has 2 rings (SSSR count). The Morgan fingerprint density at radius 1 is 1.35 bits per heavy atom. The third-order valence-electron chi connectivity index (χ3n) is 4.14. The van der Waals surface area contributed by atoms with Crippen LogP contribution in [0.1, 0.15) is 37.3 Å². The van der Waals surface area contributed by atoms with E-state index in [2.05, 4.69) is 4.72 Å². The van der Waals surface area contributed by atoms with E-state index >= 15 is 0 Å². The van der Waals surface area contributed by atoms with Crippen LogP contribution in [0.3, 0.4) is 0 Å². The van der Waals surface area contributed by atoms with Gasteiger partial charge in [0.25, 0.3) is 0 Å². The first kappa shape index (κ1) is 15.3. The molecule has 1 saturated carbocycles. The van der Waals surface area contributed by atoms with Crippen LogP contribution in [0.25, 0.3) is 0 Å². The van der Waals surface area contributed by atoms with Crippen molar-refractivity contribution in [2.45, 2.75) is 51.0 Å². The van der Waals surface area contributed by atoms with Crippen LogP contribution in [-0.2, 0) is 10.0 Å². The molecule has 2 atom stereocenters. The molecular formula is C14H21FN2O2S. The number of nitrogen functional groups attached to an aromatic ring is 1. The van der Waals surface area contributed by atoms with Gasteiger partial charge < -0.3 is 5.73 Å². The van der Waals surface area contributed by atoms with Gasteiger partial charge >= 0.3 is 0 Å². The van der Waals surface area contributed by atoms with Crippen LogP contribution in [0.4, 0.5) is 10.1 Å². The fourth-order valence-corrected chi connectivity index (χ4v) is 4.79. The molecule has 20 heavy (non-hydrogen) atoms. The van der Waals surface area contributed by atoms with Crippen molar-refractivity contribution in [3.63, 3.8) is 0 Å². The van der Waals surface area contributed by atoms with Crippen LogP contribution in [0, 0.1) is 25.6 Å². The Morgan fingerprint density at radius 3 is 2.55 bits per heavy atom. The number of anilines is 1. The first-order chi connectivity index (χ1) is 9.24. The molecule has 0 heterocycles. The zero-order valence-electron chi connectivity index (χ0n) is 12.0. The second-order valence-corrected chi connectivity index (χ2v) is 7.33. The van der Waals surface area contributed by atoms with E-state index in [1.165, 1.54) is 13.0 Å². The number of sulfonamides is 1. The molecule has 0 radical (unpaired) electrons. The average molecular weight is 300 g/mol. The lowest BCUT2D eigenvalue weighted by Crippen LogP contribution is -2.37. The van der Waals surface area contributed by atoms with Gasteiger partial charge in [0.1, 0.15) is 5.82 Å². The van der Waals surface area contributed by atoms with Crippen molar-refractivity contribution in [2.24, 2.45) is 5.92 Å². The van der Waals surface area contributed by atoms with Crippen molar-refractivity contribution < 1.29 is 12.8 Å². The predicted octanol–water partition coefficient (Wildman–Crippen LogP) is 2.49. The van der Waals surface area contributed by atoms with E-state index < -0.39 is 15.8 Å². The summed E-state index contributed by atoms with van der Waals surface area (Å²) in [7, 11) is -3.67. The standard InChI is InChI=1S/C14H21FN2O2S/c1-8-5-4-6-12(8)17-20(18,19)14-9(2)7-11(15)13(16)10(14)3/h7-8,12,17H,4-6,16H2,1-3H3. The van der Waals surface area contributed by atoms with E-state index in [4.69, 9.17) is 5.73 Å². The van der Waals surface area contributed by atoms with Gasteiger partial charge in [-0.1, -0.05) is 13.3 Å². The number of hydrogen-bond acceptors (Lipinski definition) is 3. The van der Waals surface area contributed by atoms with Gasteiger partial charge in [0.15, 0.2) is 0 Å². The summed E-state index contributed by atoms with van der Waals surface area (Å²) in [6.07, 6.45) is 2.89. The molecule has 0 aromatic heterocycles. The van der Waals surface area contributed by atoms with Crippen molar-refractivity contribution in [3.05, 3.63) is 23.0 Å². The van der Waals surface area contributed by atoms with E-state index in [-0.39, 0.29) is 22.2 Å². The smallest absolute Gasteiger partial charge is 0.241 e. The normalized spacial score (nSPS) is 23.2. The fourth-order valence-electron chi connectivity index (χ4n) is 2.92. The molecular weight excluding hydrogens is 279 g/mol. The number of nitrogens with one attached hydrogen (secondary N) is 1. The fraction of sp³-hybridized carbons (Fsp3) is 0.571. The Morgan fingerprint density at radius 2 is 2.00 bits per heavy atom. The van der Waals surface area contributed by atoms with Crippen LogP contribution >= 0.6 is 0 Å². The summed E-state index contributed by atoms with van der Waals surface area (Å²) in [6.45, 7) is 5.17. The maximum absolute atomic E-state index is 13.5. The Hall–Kier alpha value is -1.14. The number of halogens is 1. The summed E-state index contributed by atoms with van der Waals surface area (Å²) >= 11 is 0. The second kappa shape index (κ2) is 5.33. The number of benzene rings is 1. The maximum Gasteiger partial charge on any atom is 0.241 e. The summed E-state index contributed by atoms with van der Waals surface area (Å²) in [5, 5.41) is 0. The topological polar surface area (TPSA) is 72.2 Å². The van der Waals surface area contributed by atoms with E-state index in [9.17, 15) is 12.8 Å². The maximum atomic E-state index is 13.5. The van der Waals surface area contributed by atoms with Gasteiger partial charge in [-0.05, 0) is 49.8 Å². The molecule has 2 unspecified atom stereocenters. The Bertz CT molecular complexity index is 629. The zero-order valence-corrected chi connectivity index (χ0v) is 12.8. The van der Waals surface area contributed by atoms with E-state index in [0.717, 1.165) is 19.3 Å². The Labute approximate surface area is 119 Å². The predicted molar refractivity (Wildman–Crippen MR) is 77.4 cm³/mol. The lowest BCUT2D eigenvalue weighted by molar-refractivity contribution is 0.476. The summed E-state index contributed by atoms with van der Waals surface area (Å²) in [5.74, 6) is -0.253. The van der Waals surface area contributed by atoms with Crippen molar-refractivity contribution >= 4 is 15.7 Å². The molecule has 0 spiro atoms. The van der Waals surface area contributed by atoms with Gasteiger partial charge in [-0.3, -0.25) is 0 Å². The van der Waals surface area contributed by atoms with Gasteiger partial charge in [-0.15, -0.1) is 0 Å². The molecule has 1 fully saturated rings. The number of nitrogens with two attached hydrogens (primary N) is 1. The number of rotatable bonds is 3. The van der Waals surface area contributed by atoms with Gasteiger partial charge in [0.2, 0.25) is 10.0 Å². The molecule has 1 aliphatic rings. The minimum Gasteiger partial charge on any atom is -0.396 e. The highest BCUT2D eigenvalue weighted by atomic mass is 32.2. The van der Waals surface area contributed by atoms with Crippen molar-refractivity contribution in [3.8, 4) is 0 Å². The van der Waals surface area contributed by atoms with Crippen LogP contribution in [-0.4, -0.2) is 14.5 Å². The summed E-state index contributed by atoms with van der Waals surface area (Å²) in [5.41, 5.74) is 6.18. The van der Waals surface area contributed by atoms with Crippen LogP contribution in [0.2, 0.25) is 0 Å². The molecule has 0 saturated heterocycles. The third-order valence-corrected chi connectivity index (χ3v) is 5.92. The van der Waals surface area contributed by atoms with Crippen LogP contribution < -0.4 is 10.5 Å². The highest BCUT2D eigenvalue weighted by Crippen LogP contribution is 2.30. The van der Waals surface area contributed by atoms with Crippen LogP contribution in [0.5, 0.6) is 0 Å². The second-order valence-electron chi connectivity index (χ2n) is 5.68. The molecule has 1 aliphatic carbocycles. The molecule has 112 valence electrons. The summed E-state index contributed by atoms with van der Waals surface area (Å²) in [4.78, 5) is 0.107. The minimum atomic E-state index is -3.67. The van der Waals surface area contributed by atoms with Crippen molar-refractivity contribution in [2.75, 3.05) is 5.73 Å². The largest absolute Gasteiger partial charge is 0.396 e. The Kier molecular flexibility index (Phi) is 4.07. The molecule has 3 N–H and O–H groups in total. The molecule has 1 aromatic rings. The first-order valence-corrected chi connectivity index (χ1v) is 8.30.